The van der Waals surface area contributed by atoms with Gasteiger partial charge in [0.1, 0.15) is 0 Å². The van der Waals surface area contributed by atoms with Crippen LogP contribution in [0.4, 0.5) is 5.69 Å². The second kappa shape index (κ2) is 6.69. The molecule has 0 aliphatic carbocycles. The first kappa shape index (κ1) is 13.2. The highest BCUT2D eigenvalue weighted by Gasteiger charge is 2.04. The van der Waals surface area contributed by atoms with E-state index in [-0.39, 0.29) is 0 Å². The summed E-state index contributed by atoms with van der Waals surface area (Å²) in [6, 6.07) is 5.65. The first-order valence-electron chi connectivity index (χ1n) is 5.89. The third kappa shape index (κ3) is 3.97. The molecule has 0 heterocycles. The quantitative estimate of drug-likeness (QED) is 0.611. The Morgan fingerprint density at radius 2 is 2.00 bits per heavy atom. The molecule has 2 N–H and O–H groups in total. The highest BCUT2D eigenvalue weighted by Crippen LogP contribution is 2.16. The molecule has 0 aliphatic heterocycles. The lowest BCUT2D eigenvalue weighted by atomic mass is 10.2. The lowest BCUT2D eigenvalue weighted by Crippen LogP contribution is -2.00. The van der Waals surface area contributed by atoms with Gasteiger partial charge in [-0.2, -0.15) is 0 Å². The van der Waals surface area contributed by atoms with Crippen molar-refractivity contribution >= 4 is 16.5 Å². The first-order valence-corrected chi connectivity index (χ1v) is 7.21. The van der Waals surface area contributed by atoms with E-state index in [0.717, 1.165) is 28.3 Å². The van der Waals surface area contributed by atoms with Gasteiger partial charge in [0.05, 0.1) is 10.8 Å². The maximum atomic E-state index is 11.9. The number of unbranched alkanes of at least 4 members (excludes halogenated alkanes) is 3. The van der Waals surface area contributed by atoms with Crippen LogP contribution < -0.4 is 5.73 Å². The smallest absolute Gasteiger partial charge is 0.0529 e. The van der Waals surface area contributed by atoms with Crippen molar-refractivity contribution in [1.82, 2.24) is 0 Å². The average Bonchev–Trinajstić information content (AvgIpc) is 2.28. The van der Waals surface area contributed by atoms with Crippen LogP contribution in [0.5, 0.6) is 0 Å². The second-order valence-corrected chi connectivity index (χ2v) is 5.70. The third-order valence-electron chi connectivity index (χ3n) is 2.69. The Hall–Kier alpha value is -0.830. The van der Waals surface area contributed by atoms with Crippen molar-refractivity contribution in [2.45, 2.75) is 44.4 Å². The minimum atomic E-state index is -0.861. The van der Waals surface area contributed by atoms with Gasteiger partial charge < -0.3 is 5.73 Å². The topological polar surface area (TPSA) is 43.1 Å². The molecule has 0 bridgehead atoms. The standard InChI is InChI=1S/C13H21NOS/c1-3-4-5-6-9-16(15)12-7-8-13(14)11(2)10-12/h7-8,10H,3-6,9,14H2,1-2H3. The summed E-state index contributed by atoms with van der Waals surface area (Å²) in [6.45, 7) is 4.13. The number of benzene rings is 1. The Morgan fingerprint density at radius 1 is 1.25 bits per heavy atom. The molecule has 0 amide bonds. The molecule has 3 heteroatoms. The summed E-state index contributed by atoms with van der Waals surface area (Å²) in [6.07, 6.45) is 4.67. The normalized spacial score (nSPS) is 12.6. The van der Waals surface area contributed by atoms with Gasteiger partial charge in [0, 0.05) is 16.3 Å². The predicted octanol–water partition coefficient (Wildman–Crippen LogP) is 3.27. The summed E-state index contributed by atoms with van der Waals surface area (Å²) in [7, 11) is -0.861. The molecule has 0 fully saturated rings. The van der Waals surface area contributed by atoms with Crippen molar-refractivity contribution in [3.63, 3.8) is 0 Å². The average molecular weight is 239 g/mol. The highest BCUT2D eigenvalue weighted by molar-refractivity contribution is 7.85. The molecule has 0 aromatic heterocycles. The zero-order valence-electron chi connectivity index (χ0n) is 10.2. The number of rotatable bonds is 6. The molecule has 1 unspecified atom stereocenters. The maximum absolute atomic E-state index is 11.9. The van der Waals surface area contributed by atoms with E-state index in [1.54, 1.807) is 0 Å². The lowest BCUT2D eigenvalue weighted by molar-refractivity contribution is 0.668. The summed E-state index contributed by atoms with van der Waals surface area (Å²) in [5.74, 6) is 0.767. The van der Waals surface area contributed by atoms with Crippen LogP contribution in [0.3, 0.4) is 0 Å². The number of nitrogen functional groups attached to an aromatic ring is 1. The van der Waals surface area contributed by atoms with Crippen LogP contribution in [0.15, 0.2) is 23.1 Å². The van der Waals surface area contributed by atoms with Crippen LogP contribution >= 0.6 is 0 Å². The van der Waals surface area contributed by atoms with E-state index in [1.165, 1.54) is 19.3 Å². The molecular weight excluding hydrogens is 218 g/mol. The molecule has 16 heavy (non-hydrogen) atoms. The molecule has 0 spiro atoms. The van der Waals surface area contributed by atoms with Crippen molar-refractivity contribution in [2.75, 3.05) is 11.5 Å². The predicted molar refractivity (Wildman–Crippen MR) is 71.0 cm³/mol. The molecular formula is C13H21NOS. The number of hydrogen-bond acceptors (Lipinski definition) is 2. The Balaban J connectivity index is 2.50. The van der Waals surface area contributed by atoms with Gasteiger partial charge in [-0.25, -0.2) is 0 Å². The van der Waals surface area contributed by atoms with Crippen molar-refractivity contribution in [3.05, 3.63) is 23.8 Å². The first-order chi connectivity index (χ1) is 7.65. The van der Waals surface area contributed by atoms with Gasteiger partial charge >= 0.3 is 0 Å². The van der Waals surface area contributed by atoms with Crippen molar-refractivity contribution in [2.24, 2.45) is 0 Å². The van der Waals surface area contributed by atoms with Gasteiger partial charge in [0.25, 0.3) is 0 Å². The monoisotopic (exact) mass is 239 g/mol. The fraction of sp³-hybridized carbons (Fsp3) is 0.538. The molecule has 90 valence electrons. The van der Waals surface area contributed by atoms with E-state index in [2.05, 4.69) is 6.92 Å². The Morgan fingerprint density at radius 3 is 2.62 bits per heavy atom. The van der Waals surface area contributed by atoms with E-state index in [4.69, 9.17) is 5.73 Å². The van der Waals surface area contributed by atoms with E-state index >= 15 is 0 Å². The Bertz CT molecular complexity index is 363. The van der Waals surface area contributed by atoms with Crippen LogP contribution in [0.2, 0.25) is 0 Å². The fourth-order valence-corrected chi connectivity index (χ4v) is 2.80. The number of hydrogen-bond donors (Lipinski definition) is 1. The molecule has 0 aliphatic rings. The largest absolute Gasteiger partial charge is 0.399 e. The van der Waals surface area contributed by atoms with Crippen LogP contribution in [0.25, 0.3) is 0 Å². The third-order valence-corrected chi connectivity index (χ3v) is 4.13. The van der Waals surface area contributed by atoms with E-state index in [1.807, 2.05) is 25.1 Å². The van der Waals surface area contributed by atoms with Crippen LogP contribution in [0.1, 0.15) is 38.2 Å². The zero-order valence-corrected chi connectivity index (χ0v) is 11.0. The summed E-state index contributed by atoms with van der Waals surface area (Å²) in [5, 5.41) is 0. The Labute approximate surface area is 101 Å². The molecule has 1 atom stereocenters. The van der Waals surface area contributed by atoms with Gasteiger partial charge in [-0.3, -0.25) is 4.21 Å². The van der Waals surface area contributed by atoms with Crippen molar-refractivity contribution in [1.29, 1.82) is 0 Å². The lowest BCUT2D eigenvalue weighted by Gasteiger charge is -2.05. The van der Waals surface area contributed by atoms with Crippen molar-refractivity contribution in [3.8, 4) is 0 Å². The number of anilines is 1. The van der Waals surface area contributed by atoms with Gasteiger partial charge in [0.2, 0.25) is 0 Å². The van der Waals surface area contributed by atoms with Crippen LogP contribution in [0, 0.1) is 6.92 Å². The van der Waals surface area contributed by atoms with Crippen LogP contribution in [-0.2, 0) is 10.8 Å². The highest BCUT2D eigenvalue weighted by atomic mass is 32.2. The second-order valence-electron chi connectivity index (χ2n) is 4.13. The van der Waals surface area contributed by atoms with Gasteiger partial charge in [-0.15, -0.1) is 0 Å². The zero-order chi connectivity index (χ0) is 12.0. The summed E-state index contributed by atoms with van der Waals surface area (Å²) in [5.41, 5.74) is 7.51. The molecule has 0 radical (unpaired) electrons. The Kier molecular flexibility index (Phi) is 5.53. The van der Waals surface area contributed by atoms with Crippen LogP contribution in [-0.4, -0.2) is 9.96 Å². The van der Waals surface area contributed by atoms with Gasteiger partial charge in [0.15, 0.2) is 0 Å². The SMILES string of the molecule is CCCCCCS(=O)c1ccc(N)c(C)c1. The summed E-state index contributed by atoms with van der Waals surface area (Å²) >= 11 is 0. The van der Waals surface area contributed by atoms with Gasteiger partial charge in [-0.1, -0.05) is 26.2 Å². The molecule has 0 saturated heterocycles. The van der Waals surface area contributed by atoms with Crippen molar-refractivity contribution < 1.29 is 4.21 Å². The number of nitrogens with two attached hydrogens (primary N) is 1. The van der Waals surface area contributed by atoms with Gasteiger partial charge in [-0.05, 0) is 37.1 Å². The molecule has 1 rings (SSSR count). The molecule has 0 saturated carbocycles. The minimum absolute atomic E-state index is 0.767. The summed E-state index contributed by atoms with van der Waals surface area (Å²) in [4.78, 5) is 0.906. The fourth-order valence-electron chi connectivity index (χ4n) is 1.57. The molecule has 2 nitrogen and oxygen atoms in total. The molecule has 1 aromatic carbocycles. The maximum Gasteiger partial charge on any atom is 0.0529 e. The minimum Gasteiger partial charge on any atom is -0.399 e. The van der Waals surface area contributed by atoms with E-state index in [0.29, 0.717) is 0 Å². The molecule has 1 aromatic rings. The van der Waals surface area contributed by atoms with E-state index in [9.17, 15) is 4.21 Å². The van der Waals surface area contributed by atoms with E-state index < -0.39 is 10.8 Å². The number of aryl methyl sites for hydroxylation is 1. The summed E-state index contributed by atoms with van der Waals surface area (Å²) < 4.78 is 11.9.